The minimum Gasteiger partial charge on any atom is -0.381 e. The van der Waals surface area contributed by atoms with Gasteiger partial charge in [-0.15, -0.1) is 0 Å². The van der Waals surface area contributed by atoms with Gasteiger partial charge in [-0.3, -0.25) is 4.79 Å². The van der Waals surface area contributed by atoms with Crippen molar-refractivity contribution >= 4 is 17.7 Å². The molecule has 1 aromatic heterocycles. The Morgan fingerprint density at radius 1 is 1.30 bits per heavy atom. The van der Waals surface area contributed by atoms with Crippen molar-refractivity contribution in [1.29, 1.82) is 0 Å². The molecule has 130 valence electrons. The van der Waals surface area contributed by atoms with Crippen LogP contribution in [0.15, 0.2) is 23.4 Å². The number of hydrogen-bond acceptors (Lipinski definition) is 4. The molecule has 0 fully saturated rings. The number of aromatic nitrogens is 1. The summed E-state index contributed by atoms with van der Waals surface area (Å²) in [6.07, 6.45) is -0.769. The summed E-state index contributed by atoms with van der Waals surface area (Å²) in [5.41, 5.74) is -0.797. The molecule has 0 atom stereocenters. The van der Waals surface area contributed by atoms with E-state index in [9.17, 15) is 18.0 Å². The number of hydrogen-bond donors (Lipinski definition) is 1. The van der Waals surface area contributed by atoms with Crippen molar-refractivity contribution < 1.29 is 22.7 Å². The highest BCUT2D eigenvalue weighted by molar-refractivity contribution is 7.99. The maximum Gasteiger partial charge on any atom is 0.417 e. The SMILES string of the molecule is CCCCOCCCNC(=O)CSc1ccc(C(F)(F)F)cn1. The Morgan fingerprint density at radius 3 is 2.65 bits per heavy atom. The smallest absolute Gasteiger partial charge is 0.381 e. The third-order valence-electron chi connectivity index (χ3n) is 2.84. The van der Waals surface area contributed by atoms with Crippen LogP contribution in [-0.4, -0.2) is 36.4 Å². The first kappa shape index (κ1) is 19.8. The second-order valence-electron chi connectivity index (χ2n) is 4.84. The number of amides is 1. The summed E-state index contributed by atoms with van der Waals surface area (Å²) >= 11 is 1.10. The second kappa shape index (κ2) is 10.5. The number of thioether (sulfide) groups is 1. The van der Waals surface area contributed by atoms with Crippen molar-refractivity contribution in [3.8, 4) is 0 Å². The number of rotatable bonds is 10. The normalized spacial score (nSPS) is 11.5. The summed E-state index contributed by atoms with van der Waals surface area (Å²) in [5, 5.41) is 3.12. The highest BCUT2D eigenvalue weighted by atomic mass is 32.2. The highest BCUT2D eigenvalue weighted by Crippen LogP contribution is 2.29. The van der Waals surface area contributed by atoms with Gasteiger partial charge < -0.3 is 10.1 Å². The number of carbonyl (C=O) groups excluding carboxylic acids is 1. The van der Waals surface area contributed by atoms with E-state index in [1.54, 1.807) is 0 Å². The Labute approximate surface area is 138 Å². The number of nitrogens with one attached hydrogen (secondary N) is 1. The number of ether oxygens (including phenoxy) is 1. The van der Waals surface area contributed by atoms with Gasteiger partial charge in [-0.2, -0.15) is 13.2 Å². The Bertz CT molecular complexity index is 467. The van der Waals surface area contributed by atoms with Crippen LogP contribution in [0, 0.1) is 0 Å². The fourth-order valence-electron chi connectivity index (χ4n) is 1.57. The van der Waals surface area contributed by atoms with E-state index >= 15 is 0 Å². The van der Waals surface area contributed by atoms with Gasteiger partial charge in [0.2, 0.25) is 5.91 Å². The molecular formula is C15H21F3N2O2S. The van der Waals surface area contributed by atoms with Crippen molar-refractivity contribution in [2.24, 2.45) is 0 Å². The molecule has 0 aliphatic carbocycles. The zero-order valence-corrected chi connectivity index (χ0v) is 13.8. The average molecular weight is 350 g/mol. The van der Waals surface area contributed by atoms with Crippen LogP contribution in [0.2, 0.25) is 0 Å². The predicted octanol–water partition coefficient (Wildman–Crippen LogP) is 3.52. The van der Waals surface area contributed by atoms with Gasteiger partial charge in [-0.1, -0.05) is 25.1 Å². The van der Waals surface area contributed by atoms with Gasteiger partial charge in [0, 0.05) is 26.0 Å². The van der Waals surface area contributed by atoms with Crippen LogP contribution < -0.4 is 5.32 Å². The molecule has 1 aromatic rings. The monoisotopic (exact) mass is 350 g/mol. The predicted molar refractivity (Wildman–Crippen MR) is 83.3 cm³/mol. The number of pyridine rings is 1. The van der Waals surface area contributed by atoms with Crippen LogP contribution in [0.25, 0.3) is 0 Å². The van der Waals surface area contributed by atoms with Crippen molar-refractivity contribution in [2.45, 2.75) is 37.4 Å². The van der Waals surface area contributed by atoms with Crippen LogP contribution in [0.4, 0.5) is 13.2 Å². The number of carbonyl (C=O) groups is 1. The molecule has 1 rings (SSSR count). The number of halogens is 3. The van der Waals surface area contributed by atoms with Crippen LogP contribution in [0.1, 0.15) is 31.7 Å². The molecule has 8 heteroatoms. The van der Waals surface area contributed by atoms with E-state index in [0.717, 1.165) is 49.9 Å². The maximum atomic E-state index is 12.4. The lowest BCUT2D eigenvalue weighted by Gasteiger charge is -2.07. The number of unbranched alkanes of at least 4 members (excludes halogenated alkanes) is 1. The summed E-state index contributed by atoms with van der Waals surface area (Å²) in [6, 6.07) is 2.23. The zero-order chi connectivity index (χ0) is 17.1. The molecule has 4 nitrogen and oxygen atoms in total. The third-order valence-corrected chi connectivity index (χ3v) is 3.79. The topological polar surface area (TPSA) is 51.2 Å². The minimum absolute atomic E-state index is 0.120. The first-order valence-corrected chi connectivity index (χ1v) is 8.42. The van der Waals surface area contributed by atoms with Gasteiger partial charge in [-0.05, 0) is 25.0 Å². The molecule has 1 heterocycles. The number of alkyl halides is 3. The summed E-state index contributed by atoms with van der Waals surface area (Å²) in [5.74, 6) is -0.0556. The average Bonchev–Trinajstić information content (AvgIpc) is 2.51. The van der Waals surface area contributed by atoms with Crippen LogP contribution >= 0.6 is 11.8 Å². The fraction of sp³-hybridized carbons (Fsp3) is 0.600. The van der Waals surface area contributed by atoms with E-state index in [1.807, 2.05) is 0 Å². The molecule has 23 heavy (non-hydrogen) atoms. The van der Waals surface area contributed by atoms with E-state index < -0.39 is 11.7 Å². The van der Waals surface area contributed by atoms with Crippen LogP contribution in [0.5, 0.6) is 0 Å². The second-order valence-corrected chi connectivity index (χ2v) is 5.84. The maximum absolute atomic E-state index is 12.4. The highest BCUT2D eigenvalue weighted by Gasteiger charge is 2.30. The van der Waals surface area contributed by atoms with Gasteiger partial charge in [0.25, 0.3) is 0 Å². The molecule has 1 N–H and O–H groups in total. The van der Waals surface area contributed by atoms with Gasteiger partial charge in [0.1, 0.15) is 0 Å². The molecule has 0 saturated carbocycles. The van der Waals surface area contributed by atoms with E-state index in [0.29, 0.717) is 18.2 Å². The Hall–Kier alpha value is -1.28. The summed E-state index contributed by atoms with van der Waals surface area (Å²) in [4.78, 5) is 15.3. The molecule has 0 bridgehead atoms. The van der Waals surface area contributed by atoms with Gasteiger partial charge in [0.05, 0.1) is 16.3 Å². The minimum atomic E-state index is -4.40. The lowest BCUT2D eigenvalue weighted by Crippen LogP contribution is -2.27. The molecule has 0 spiro atoms. The van der Waals surface area contributed by atoms with Gasteiger partial charge in [-0.25, -0.2) is 4.98 Å². The van der Waals surface area contributed by atoms with E-state index in [-0.39, 0.29) is 11.7 Å². The third kappa shape index (κ3) is 8.80. The molecule has 1 amide bonds. The molecule has 0 unspecified atom stereocenters. The quantitative estimate of drug-likeness (QED) is 0.518. The lowest BCUT2D eigenvalue weighted by molar-refractivity contribution is -0.137. The summed E-state index contributed by atoms with van der Waals surface area (Å²) < 4.78 is 42.5. The molecule has 0 saturated heterocycles. The standard InChI is InChI=1S/C15H21F3N2O2S/c1-2-3-8-22-9-4-7-19-13(21)11-23-14-6-5-12(10-20-14)15(16,17)18/h5-6,10H,2-4,7-9,11H2,1H3,(H,19,21). The van der Waals surface area contributed by atoms with E-state index in [4.69, 9.17) is 4.74 Å². The number of nitrogens with zero attached hydrogens (tertiary/aromatic N) is 1. The van der Waals surface area contributed by atoms with Gasteiger partial charge >= 0.3 is 6.18 Å². The Balaban J connectivity index is 2.16. The van der Waals surface area contributed by atoms with Crippen molar-refractivity contribution in [3.63, 3.8) is 0 Å². The fourth-order valence-corrected chi connectivity index (χ4v) is 2.25. The van der Waals surface area contributed by atoms with Crippen molar-refractivity contribution in [3.05, 3.63) is 23.9 Å². The first-order valence-electron chi connectivity index (χ1n) is 7.44. The molecule has 0 aliphatic heterocycles. The Morgan fingerprint density at radius 2 is 2.04 bits per heavy atom. The molecule has 0 aliphatic rings. The van der Waals surface area contributed by atoms with Crippen molar-refractivity contribution in [2.75, 3.05) is 25.5 Å². The van der Waals surface area contributed by atoms with Crippen LogP contribution in [0.3, 0.4) is 0 Å². The molecular weight excluding hydrogens is 329 g/mol. The first-order chi connectivity index (χ1) is 10.9. The lowest BCUT2D eigenvalue weighted by atomic mass is 10.3. The Kier molecular flexibility index (Phi) is 9.01. The van der Waals surface area contributed by atoms with E-state index in [1.165, 1.54) is 6.07 Å². The van der Waals surface area contributed by atoms with Gasteiger partial charge in [0.15, 0.2) is 0 Å². The zero-order valence-electron chi connectivity index (χ0n) is 13.0. The summed E-state index contributed by atoms with van der Waals surface area (Å²) in [6.45, 7) is 3.95. The van der Waals surface area contributed by atoms with Crippen molar-refractivity contribution in [1.82, 2.24) is 10.3 Å². The largest absolute Gasteiger partial charge is 0.417 e. The van der Waals surface area contributed by atoms with E-state index in [2.05, 4.69) is 17.2 Å². The molecule has 0 radical (unpaired) electrons. The summed E-state index contributed by atoms with van der Waals surface area (Å²) in [7, 11) is 0. The van der Waals surface area contributed by atoms with Crippen LogP contribution in [-0.2, 0) is 15.7 Å². The molecule has 0 aromatic carbocycles.